The van der Waals surface area contributed by atoms with Crippen molar-refractivity contribution in [2.75, 3.05) is 6.61 Å². The zero-order valence-corrected chi connectivity index (χ0v) is 13.7. The number of unbranched alkanes of at least 4 members (excludes halogenated alkanes) is 1. The van der Waals surface area contributed by atoms with Crippen molar-refractivity contribution < 1.29 is 4.43 Å². The first kappa shape index (κ1) is 17.7. The highest BCUT2D eigenvalue weighted by molar-refractivity contribution is 6.74. The lowest BCUT2D eigenvalue weighted by molar-refractivity contribution is 0.334. The molecule has 0 saturated carbocycles. The van der Waals surface area contributed by atoms with E-state index in [-0.39, 0.29) is 5.04 Å². The maximum Gasteiger partial charge on any atom is 0.193 e. The zero-order chi connectivity index (χ0) is 14.9. The van der Waals surface area contributed by atoms with Gasteiger partial charge < -0.3 is 4.43 Å². The monoisotopic (exact) mass is 276 g/mol. The van der Waals surface area contributed by atoms with E-state index in [1.165, 1.54) is 0 Å². The minimum atomic E-state index is -1.69. The van der Waals surface area contributed by atoms with Crippen molar-refractivity contribution in [1.29, 1.82) is 10.5 Å². The first-order valence-corrected chi connectivity index (χ1v) is 9.54. The SMILES string of the molecule is CC(C)(C)[Si](C)(C)OCC#CCCCC(C#N)C#N. The second-order valence-corrected chi connectivity index (χ2v) is 10.9. The normalized spacial score (nSPS) is 11.4. The predicted molar refractivity (Wildman–Crippen MR) is 79.5 cm³/mol. The summed E-state index contributed by atoms with van der Waals surface area (Å²) in [6.45, 7) is 11.5. The molecule has 19 heavy (non-hydrogen) atoms. The molecule has 0 aliphatic rings. The quantitative estimate of drug-likeness (QED) is 0.435. The average molecular weight is 276 g/mol. The topological polar surface area (TPSA) is 56.8 Å². The number of rotatable bonds is 5. The lowest BCUT2D eigenvalue weighted by Gasteiger charge is -2.35. The van der Waals surface area contributed by atoms with E-state index in [2.05, 4.69) is 45.7 Å². The van der Waals surface area contributed by atoms with Gasteiger partial charge in [-0.15, -0.1) is 5.92 Å². The van der Waals surface area contributed by atoms with E-state index < -0.39 is 14.2 Å². The van der Waals surface area contributed by atoms with Crippen molar-refractivity contribution in [3.63, 3.8) is 0 Å². The van der Waals surface area contributed by atoms with Crippen molar-refractivity contribution in [3.05, 3.63) is 0 Å². The summed E-state index contributed by atoms with van der Waals surface area (Å²) >= 11 is 0. The van der Waals surface area contributed by atoms with E-state index in [1.54, 1.807) is 0 Å². The summed E-state index contributed by atoms with van der Waals surface area (Å²) in [5.74, 6) is 5.57. The third-order valence-corrected chi connectivity index (χ3v) is 8.02. The van der Waals surface area contributed by atoms with Crippen molar-refractivity contribution in [3.8, 4) is 24.0 Å². The summed E-state index contributed by atoms with van der Waals surface area (Å²) in [5.41, 5.74) is 0. The number of hydrogen-bond donors (Lipinski definition) is 0. The lowest BCUT2D eigenvalue weighted by atomic mass is 10.1. The minimum absolute atomic E-state index is 0.210. The Labute approximate surface area is 118 Å². The van der Waals surface area contributed by atoms with Gasteiger partial charge >= 0.3 is 0 Å². The average Bonchev–Trinajstić information content (AvgIpc) is 2.31. The third-order valence-electron chi connectivity index (χ3n) is 3.54. The molecule has 4 heteroatoms. The molecular weight excluding hydrogens is 252 g/mol. The molecule has 0 fully saturated rings. The van der Waals surface area contributed by atoms with Crippen LogP contribution in [0.15, 0.2) is 0 Å². The smallest absolute Gasteiger partial charge is 0.193 e. The Morgan fingerprint density at radius 3 is 2.16 bits per heavy atom. The summed E-state index contributed by atoms with van der Waals surface area (Å²) in [7, 11) is -1.69. The van der Waals surface area contributed by atoms with Gasteiger partial charge in [-0.3, -0.25) is 0 Å². The fourth-order valence-corrected chi connectivity index (χ4v) is 1.99. The van der Waals surface area contributed by atoms with Gasteiger partial charge in [-0.25, -0.2) is 0 Å². The van der Waals surface area contributed by atoms with E-state index in [9.17, 15) is 0 Å². The van der Waals surface area contributed by atoms with Crippen LogP contribution in [0.5, 0.6) is 0 Å². The fraction of sp³-hybridized carbons (Fsp3) is 0.733. The molecule has 0 N–H and O–H groups in total. The Morgan fingerprint density at radius 1 is 1.11 bits per heavy atom. The molecule has 104 valence electrons. The van der Waals surface area contributed by atoms with Gasteiger partial charge in [-0.05, 0) is 31.0 Å². The molecule has 0 unspecified atom stereocenters. The van der Waals surface area contributed by atoms with Gasteiger partial charge in [0, 0.05) is 6.42 Å². The van der Waals surface area contributed by atoms with E-state index in [0.717, 1.165) is 12.8 Å². The molecule has 0 aromatic carbocycles. The van der Waals surface area contributed by atoms with Gasteiger partial charge in [0.05, 0.1) is 18.7 Å². The van der Waals surface area contributed by atoms with Gasteiger partial charge in [0.1, 0.15) is 5.92 Å². The molecular formula is C15H24N2OSi. The number of nitriles is 2. The van der Waals surface area contributed by atoms with Crippen LogP contribution in [0.2, 0.25) is 18.1 Å². The van der Waals surface area contributed by atoms with E-state index in [1.807, 2.05) is 12.1 Å². The van der Waals surface area contributed by atoms with E-state index >= 15 is 0 Å². The molecule has 0 aliphatic carbocycles. The Bertz CT molecular complexity index is 399. The van der Waals surface area contributed by atoms with Gasteiger partial charge in [-0.1, -0.05) is 26.7 Å². The Kier molecular flexibility index (Phi) is 7.46. The zero-order valence-electron chi connectivity index (χ0n) is 12.7. The van der Waals surface area contributed by atoms with Crippen LogP contribution in [-0.2, 0) is 4.43 Å². The molecule has 0 saturated heterocycles. The van der Waals surface area contributed by atoms with Crippen LogP contribution in [0.3, 0.4) is 0 Å². The first-order chi connectivity index (χ1) is 8.74. The van der Waals surface area contributed by atoms with Crippen LogP contribution in [0.25, 0.3) is 0 Å². The summed E-state index contributed by atoms with van der Waals surface area (Å²) in [6, 6.07) is 3.92. The lowest BCUT2D eigenvalue weighted by Crippen LogP contribution is -2.40. The van der Waals surface area contributed by atoms with Crippen LogP contribution in [0, 0.1) is 40.4 Å². The molecule has 0 aromatic rings. The van der Waals surface area contributed by atoms with Crippen LogP contribution in [0.4, 0.5) is 0 Å². The second-order valence-electron chi connectivity index (χ2n) is 6.11. The van der Waals surface area contributed by atoms with Gasteiger partial charge in [-0.2, -0.15) is 10.5 Å². The molecule has 0 spiro atoms. The van der Waals surface area contributed by atoms with Gasteiger partial charge in [0.15, 0.2) is 8.32 Å². The van der Waals surface area contributed by atoms with Crippen molar-refractivity contribution in [2.45, 2.75) is 58.2 Å². The Morgan fingerprint density at radius 2 is 1.68 bits per heavy atom. The van der Waals surface area contributed by atoms with Crippen LogP contribution in [0.1, 0.15) is 40.0 Å². The number of hydrogen-bond acceptors (Lipinski definition) is 3. The summed E-state index contributed by atoms with van der Waals surface area (Å²) in [5, 5.41) is 17.4. The highest BCUT2D eigenvalue weighted by Gasteiger charge is 2.36. The Balaban J connectivity index is 3.91. The molecule has 0 atom stereocenters. The molecule has 0 rings (SSSR count). The van der Waals surface area contributed by atoms with Crippen molar-refractivity contribution in [2.24, 2.45) is 5.92 Å². The largest absolute Gasteiger partial charge is 0.406 e. The molecule has 0 heterocycles. The van der Waals surface area contributed by atoms with E-state index in [0.29, 0.717) is 13.0 Å². The van der Waals surface area contributed by atoms with Crippen molar-refractivity contribution >= 4 is 8.32 Å². The standard InChI is InChI=1S/C15H24N2OSi/c1-15(2,3)19(4,5)18-11-9-7-6-8-10-14(12-16)13-17/h14H,6,8,10-11H2,1-5H3. The second kappa shape index (κ2) is 8.00. The third kappa shape index (κ3) is 7.02. The Hall–Kier alpha value is -1.28. The summed E-state index contributed by atoms with van der Waals surface area (Å²) in [4.78, 5) is 0. The van der Waals surface area contributed by atoms with Crippen LogP contribution >= 0.6 is 0 Å². The molecule has 0 amide bonds. The van der Waals surface area contributed by atoms with Crippen LogP contribution < -0.4 is 0 Å². The maximum absolute atomic E-state index is 8.61. The highest BCUT2D eigenvalue weighted by Crippen LogP contribution is 2.36. The molecule has 0 radical (unpaired) electrons. The summed E-state index contributed by atoms with van der Waals surface area (Å²) in [6.07, 6.45) is 2.12. The van der Waals surface area contributed by atoms with Gasteiger partial charge in [0.25, 0.3) is 0 Å². The maximum atomic E-state index is 8.61. The van der Waals surface area contributed by atoms with Crippen LogP contribution in [-0.4, -0.2) is 14.9 Å². The van der Waals surface area contributed by atoms with Crippen molar-refractivity contribution in [1.82, 2.24) is 0 Å². The number of nitrogens with zero attached hydrogens (tertiary/aromatic N) is 2. The molecule has 0 aliphatic heterocycles. The first-order valence-electron chi connectivity index (χ1n) is 6.63. The minimum Gasteiger partial charge on any atom is -0.406 e. The summed E-state index contributed by atoms with van der Waals surface area (Å²) < 4.78 is 5.92. The predicted octanol–water partition coefficient (Wildman–Crippen LogP) is 3.85. The molecule has 0 bridgehead atoms. The fourth-order valence-electron chi connectivity index (χ4n) is 1.12. The van der Waals surface area contributed by atoms with E-state index in [4.69, 9.17) is 14.9 Å². The molecule has 3 nitrogen and oxygen atoms in total. The van der Waals surface area contributed by atoms with Gasteiger partial charge in [0.2, 0.25) is 0 Å². The highest BCUT2D eigenvalue weighted by atomic mass is 28.4. The molecule has 0 aromatic heterocycles.